The standard InChI is InChI=1S/C18H22ClN5OS2.ClH/c1-5-23(6-2)9-10-24(17(25)15-12(4)21-22-27-15)18-20-14-11(3)7-8-13(19)16(14)26-18;/h7-8H,5-6,9-10H2,1-4H3;1H. The van der Waals surface area contributed by atoms with Crippen molar-refractivity contribution in [2.45, 2.75) is 27.7 Å². The predicted molar refractivity (Wildman–Crippen MR) is 121 cm³/mol. The summed E-state index contributed by atoms with van der Waals surface area (Å²) in [6.45, 7) is 11.2. The Bertz CT molecular complexity index is 916. The first-order valence-electron chi connectivity index (χ1n) is 8.85. The predicted octanol–water partition coefficient (Wildman–Crippen LogP) is 4.83. The Morgan fingerprint density at radius 2 is 1.89 bits per heavy atom. The number of aromatic nitrogens is 3. The maximum Gasteiger partial charge on any atom is 0.273 e. The number of halogens is 2. The SMILES string of the molecule is CCN(CC)CCN(C(=O)c1snnc1C)c1nc2c(C)ccc(Cl)c2s1.Cl. The first kappa shape index (κ1) is 23.0. The van der Waals surface area contributed by atoms with Crippen molar-refractivity contribution in [2.24, 2.45) is 0 Å². The average Bonchev–Trinajstić information content (AvgIpc) is 3.29. The molecule has 0 bridgehead atoms. The van der Waals surface area contributed by atoms with Crippen LogP contribution in [0.15, 0.2) is 12.1 Å². The third kappa shape index (κ3) is 4.63. The van der Waals surface area contributed by atoms with Crippen molar-refractivity contribution in [1.82, 2.24) is 19.5 Å². The molecule has 0 saturated heterocycles. The van der Waals surface area contributed by atoms with Gasteiger partial charge in [0.15, 0.2) is 5.13 Å². The normalized spacial score (nSPS) is 11.1. The molecule has 0 unspecified atom stereocenters. The number of rotatable bonds is 7. The molecule has 2 aromatic heterocycles. The lowest BCUT2D eigenvalue weighted by atomic mass is 10.2. The summed E-state index contributed by atoms with van der Waals surface area (Å²) in [4.78, 5) is 22.6. The van der Waals surface area contributed by atoms with Crippen LogP contribution in [-0.2, 0) is 0 Å². The Morgan fingerprint density at radius 1 is 1.18 bits per heavy atom. The number of anilines is 1. The molecular formula is C18H23Cl2N5OS2. The van der Waals surface area contributed by atoms with E-state index >= 15 is 0 Å². The number of fused-ring (bicyclic) bond motifs is 1. The zero-order chi connectivity index (χ0) is 19.6. The van der Waals surface area contributed by atoms with Gasteiger partial charge in [-0.15, -0.1) is 17.5 Å². The van der Waals surface area contributed by atoms with Gasteiger partial charge >= 0.3 is 0 Å². The number of carbonyl (C=O) groups excluding carboxylic acids is 1. The number of hydrogen-bond donors (Lipinski definition) is 0. The number of hydrogen-bond acceptors (Lipinski definition) is 7. The van der Waals surface area contributed by atoms with E-state index in [9.17, 15) is 4.79 Å². The summed E-state index contributed by atoms with van der Waals surface area (Å²) in [5, 5.41) is 5.30. The molecular weight excluding hydrogens is 437 g/mol. The van der Waals surface area contributed by atoms with Gasteiger partial charge in [0.05, 0.1) is 20.9 Å². The molecule has 1 amide bonds. The molecule has 152 valence electrons. The number of carbonyl (C=O) groups is 1. The van der Waals surface area contributed by atoms with E-state index in [0.29, 0.717) is 27.3 Å². The summed E-state index contributed by atoms with van der Waals surface area (Å²) in [6.07, 6.45) is 0. The van der Waals surface area contributed by atoms with Gasteiger partial charge in [-0.25, -0.2) is 4.98 Å². The van der Waals surface area contributed by atoms with Gasteiger partial charge in [-0.05, 0) is 50.1 Å². The second kappa shape index (κ2) is 9.93. The highest BCUT2D eigenvalue weighted by atomic mass is 35.5. The van der Waals surface area contributed by atoms with E-state index in [1.54, 1.807) is 11.8 Å². The molecule has 0 spiro atoms. The van der Waals surface area contributed by atoms with Gasteiger partial charge in [-0.2, -0.15) is 0 Å². The van der Waals surface area contributed by atoms with Crippen molar-refractivity contribution >= 4 is 68.1 Å². The molecule has 3 aromatic rings. The van der Waals surface area contributed by atoms with Crippen LogP contribution >= 0.6 is 46.9 Å². The van der Waals surface area contributed by atoms with Gasteiger partial charge in [0.25, 0.3) is 5.91 Å². The molecule has 1 aromatic carbocycles. The number of benzene rings is 1. The monoisotopic (exact) mass is 459 g/mol. The minimum atomic E-state index is -0.109. The summed E-state index contributed by atoms with van der Waals surface area (Å²) in [5.74, 6) is -0.109. The van der Waals surface area contributed by atoms with Crippen LogP contribution in [0.5, 0.6) is 0 Å². The summed E-state index contributed by atoms with van der Waals surface area (Å²) in [7, 11) is 0. The maximum atomic E-state index is 13.2. The fourth-order valence-electron chi connectivity index (χ4n) is 2.82. The van der Waals surface area contributed by atoms with Crippen LogP contribution in [0.25, 0.3) is 10.2 Å². The Balaban J connectivity index is 0.00000280. The highest BCUT2D eigenvalue weighted by Crippen LogP contribution is 2.36. The van der Waals surface area contributed by atoms with Crippen LogP contribution in [0.1, 0.15) is 34.8 Å². The highest BCUT2D eigenvalue weighted by molar-refractivity contribution is 7.23. The maximum absolute atomic E-state index is 13.2. The molecule has 0 fully saturated rings. The Kier molecular flexibility index (Phi) is 8.15. The van der Waals surface area contributed by atoms with Crippen LogP contribution in [0.4, 0.5) is 5.13 Å². The van der Waals surface area contributed by atoms with Gasteiger partial charge in [0, 0.05) is 13.1 Å². The molecule has 6 nitrogen and oxygen atoms in total. The van der Waals surface area contributed by atoms with Crippen LogP contribution < -0.4 is 4.90 Å². The second-order valence-electron chi connectivity index (χ2n) is 6.21. The Labute approximate surface area is 184 Å². The lowest BCUT2D eigenvalue weighted by molar-refractivity contribution is 0.0987. The summed E-state index contributed by atoms with van der Waals surface area (Å²) in [6, 6.07) is 3.83. The van der Waals surface area contributed by atoms with E-state index in [4.69, 9.17) is 16.6 Å². The third-order valence-corrected chi connectivity index (χ3v) is 6.90. The van der Waals surface area contributed by atoms with Gasteiger partial charge in [0.1, 0.15) is 4.88 Å². The molecule has 0 aliphatic rings. The molecule has 3 rings (SSSR count). The third-order valence-electron chi connectivity index (χ3n) is 4.54. The largest absolute Gasteiger partial charge is 0.302 e. The van der Waals surface area contributed by atoms with Crippen molar-refractivity contribution in [3.05, 3.63) is 33.3 Å². The Hall–Kier alpha value is -1.32. The van der Waals surface area contributed by atoms with E-state index in [1.165, 1.54) is 11.3 Å². The van der Waals surface area contributed by atoms with E-state index in [1.807, 2.05) is 19.1 Å². The smallest absolute Gasteiger partial charge is 0.273 e. The van der Waals surface area contributed by atoms with Gasteiger partial charge in [-0.1, -0.05) is 47.3 Å². The lowest BCUT2D eigenvalue weighted by Gasteiger charge is -2.24. The number of thiazole rings is 1. The molecule has 0 aliphatic heterocycles. The fraction of sp³-hybridized carbons (Fsp3) is 0.444. The molecule has 0 N–H and O–H groups in total. The first-order chi connectivity index (χ1) is 13.0. The summed E-state index contributed by atoms with van der Waals surface area (Å²) < 4.78 is 4.82. The summed E-state index contributed by atoms with van der Waals surface area (Å²) >= 11 is 8.94. The van der Waals surface area contributed by atoms with Crippen LogP contribution in [0, 0.1) is 13.8 Å². The minimum Gasteiger partial charge on any atom is -0.302 e. The summed E-state index contributed by atoms with van der Waals surface area (Å²) in [5.41, 5.74) is 2.54. The van der Waals surface area contributed by atoms with Crippen molar-refractivity contribution in [2.75, 3.05) is 31.1 Å². The van der Waals surface area contributed by atoms with Crippen molar-refractivity contribution in [3.63, 3.8) is 0 Å². The molecule has 0 saturated carbocycles. The molecule has 28 heavy (non-hydrogen) atoms. The highest BCUT2D eigenvalue weighted by Gasteiger charge is 2.26. The molecule has 0 radical (unpaired) electrons. The second-order valence-corrected chi connectivity index (χ2v) is 8.35. The van der Waals surface area contributed by atoms with Crippen LogP contribution in [-0.4, -0.2) is 51.6 Å². The van der Waals surface area contributed by atoms with Crippen LogP contribution in [0.3, 0.4) is 0 Å². The number of aryl methyl sites for hydroxylation is 2. The number of nitrogens with zero attached hydrogens (tertiary/aromatic N) is 5. The van der Waals surface area contributed by atoms with Crippen molar-refractivity contribution in [3.8, 4) is 0 Å². The van der Waals surface area contributed by atoms with Gasteiger partial charge in [0.2, 0.25) is 0 Å². The van der Waals surface area contributed by atoms with E-state index in [0.717, 1.165) is 46.9 Å². The number of likely N-dealkylation sites (N-methyl/N-ethyl adjacent to an activating group) is 1. The van der Waals surface area contributed by atoms with Crippen LogP contribution in [0.2, 0.25) is 5.02 Å². The number of amides is 1. The van der Waals surface area contributed by atoms with E-state index < -0.39 is 0 Å². The van der Waals surface area contributed by atoms with Crippen molar-refractivity contribution in [1.29, 1.82) is 0 Å². The minimum absolute atomic E-state index is 0. The molecule has 0 atom stereocenters. The fourth-order valence-corrected chi connectivity index (χ4v) is 4.77. The zero-order valence-corrected chi connectivity index (χ0v) is 19.4. The quantitative estimate of drug-likeness (QED) is 0.506. The van der Waals surface area contributed by atoms with Crippen molar-refractivity contribution < 1.29 is 4.79 Å². The Morgan fingerprint density at radius 3 is 2.46 bits per heavy atom. The zero-order valence-electron chi connectivity index (χ0n) is 16.2. The van der Waals surface area contributed by atoms with E-state index in [2.05, 4.69) is 28.3 Å². The van der Waals surface area contributed by atoms with Gasteiger partial charge in [-0.3, -0.25) is 9.69 Å². The topological polar surface area (TPSA) is 62.2 Å². The lowest BCUT2D eigenvalue weighted by Crippen LogP contribution is -2.38. The average molecular weight is 460 g/mol. The molecule has 2 heterocycles. The first-order valence-corrected chi connectivity index (χ1v) is 10.8. The molecule has 10 heteroatoms. The molecule has 0 aliphatic carbocycles. The van der Waals surface area contributed by atoms with E-state index in [-0.39, 0.29) is 18.3 Å². The van der Waals surface area contributed by atoms with Gasteiger partial charge < -0.3 is 4.90 Å².